The molecule has 1 aliphatic rings. The molecule has 1 aromatic rings. The molecular weight excluding hydrogens is 242 g/mol. The number of ether oxygens (including phenoxy) is 1. The van der Waals surface area contributed by atoms with Gasteiger partial charge in [0, 0.05) is 31.9 Å². The van der Waals surface area contributed by atoms with Crippen molar-refractivity contribution in [3.8, 4) is 0 Å². The van der Waals surface area contributed by atoms with Crippen molar-refractivity contribution in [1.29, 1.82) is 0 Å². The fraction of sp³-hybridized carbons (Fsp3) is 0.571. The van der Waals surface area contributed by atoms with Gasteiger partial charge in [-0.25, -0.2) is 4.79 Å². The average Bonchev–Trinajstić information content (AvgIpc) is 2.37. The maximum absolute atomic E-state index is 11.3. The number of rotatable bonds is 6. The lowest BCUT2D eigenvalue weighted by Crippen LogP contribution is -2.57. The maximum atomic E-state index is 11.3. The van der Waals surface area contributed by atoms with Gasteiger partial charge >= 0.3 is 5.97 Å². The Morgan fingerprint density at radius 3 is 2.79 bits per heavy atom. The van der Waals surface area contributed by atoms with Crippen LogP contribution in [0.3, 0.4) is 0 Å². The van der Waals surface area contributed by atoms with Gasteiger partial charge in [0.1, 0.15) is 0 Å². The Kier molecular flexibility index (Phi) is 4.87. The summed E-state index contributed by atoms with van der Waals surface area (Å²) in [6, 6.07) is 4.29. The molecule has 1 fully saturated rings. The van der Waals surface area contributed by atoms with Crippen LogP contribution in [-0.2, 0) is 11.3 Å². The molecule has 0 radical (unpaired) electrons. The first-order chi connectivity index (χ1) is 9.24. The molecule has 2 heterocycles. The van der Waals surface area contributed by atoms with Gasteiger partial charge in [-0.2, -0.15) is 0 Å². The summed E-state index contributed by atoms with van der Waals surface area (Å²) >= 11 is 0. The minimum Gasteiger partial charge on any atom is -0.465 e. The van der Waals surface area contributed by atoms with Crippen LogP contribution in [0.4, 0.5) is 0 Å². The fourth-order valence-electron chi connectivity index (χ4n) is 2.17. The van der Waals surface area contributed by atoms with E-state index in [1.54, 1.807) is 12.3 Å². The molecule has 19 heavy (non-hydrogen) atoms. The molecule has 0 saturated carbocycles. The molecule has 1 aromatic heterocycles. The Morgan fingerprint density at radius 2 is 2.32 bits per heavy atom. The van der Waals surface area contributed by atoms with Crippen molar-refractivity contribution in [2.75, 3.05) is 26.7 Å². The molecule has 0 unspecified atom stereocenters. The molecule has 2 rings (SSSR count). The number of nitrogens with one attached hydrogen (secondary N) is 1. The third-order valence-corrected chi connectivity index (χ3v) is 3.40. The first-order valence-electron chi connectivity index (χ1n) is 6.72. The number of nitrogens with zero attached hydrogens (tertiary/aromatic N) is 2. The van der Waals surface area contributed by atoms with Crippen LogP contribution in [0.1, 0.15) is 29.4 Å². The van der Waals surface area contributed by atoms with Gasteiger partial charge in [-0.1, -0.05) is 6.92 Å². The molecule has 1 saturated heterocycles. The zero-order valence-corrected chi connectivity index (χ0v) is 11.6. The van der Waals surface area contributed by atoms with Crippen LogP contribution in [0, 0.1) is 0 Å². The minimum atomic E-state index is -0.340. The molecular formula is C14H21N3O2. The molecule has 5 heteroatoms. The third-order valence-electron chi connectivity index (χ3n) is 3.40. The highest BCUT2D eigenvalue weighted by Crippen LogP contribution is 2.11. The van der Waals surface area contributed by atoms with E-state index in [4.69, 9.17) is 0 Å². The number of carbonyl (C=O) groups is 1. The van der Waals surface area contributed by atoms with E-state index in [1.807, 2.05) is 6.07 Å². The van der Waals surface area contributed by atoms with E-state index in [9.17, 15) is 4.79 Å². The van der Waals surface area contributed by atoms with Crippen molar-refractivity contribution in [3.05, 3.63) is 29.6 Å². The number of esters is 1. The summed E-state index contributed by atoms with van der Waals surface area (Å²) in [6.07, 6.45) is 2.72. The topological polar surface area (TPSA) is 54.5 Å². The molecule has 1 N–H and O–H groups in total. The number of carbonyl (C=O) groups excluding carboxylic acids is 1. The number of hydrogen-bond donors (Lipinski definition) is 1. The van der Waals surface area contributed by atoms with Gasteiger partial charge in [-0.05, 0) is 25.1 Å². The van der Waals surface area contributed by atoms with E-state index in [2.05, 4.69) is 26.9 Å². The molecule has 5 nitrogen and oxygen atoms in total. The lowest BCUT2D eigenvalue weighted by atomic mass is 10.1. The average molecular weight is 263 g/mol. The predicted octanol–water partition coefficient (Wildman–Crippen LogP) is 1.05. The van der Waals surface area contributed by atoms with E-state index < -0.39 is 0 Å². The van der Waals surface area contributed by atoms with Gasteiger partial charge in [-0.15, -0.1) is 0 Å². The fourth-order valence-corrected chi connectivity index (χ4v) is 2.17. The van der Waals surface area contributed by atoms with E-state index >= 15 is 0 Å². The first kappa shape index (κ1) is 14.0. The summed E-state index contributed by atoms with van der Waals surface area (Å²) < 4.78 is 4.66. The van der Waals surface area contributed by atoms with Gasteiger partial charge in [0.15, 0.2) is 0 Å². The Bertz CT molecular complexity index is 415. The van der Waals surface area contributed by atoms with Crippen molar-refractivity contribution in [1.82, 2.24) is 15.2 Å². The molecule has 0 atom stereocenters. The van der Waals surface area contributed by atoms with Crippen molar-refractivity contribution in [2.24, 2.45) is 0 Å². The summed E-state index contributed by atoms with van der Waals surface area (Å²) in [6.45, 7) is 6.21. The van der Waals surface area contributed by atoms with Gasteiger partial charge in [-0.3, -0.25) is 9.88 Å². The molecule has 104 valence electrons. The first-order valence-corrected chi connectivity index (χ1v) is 6.72. The quantitative estimate of drug-likeness (QED) is 0.778. The minimum absolute atomic E-state index is 0.340. The molecule has 1 aliphatic heterocycles. The van der Waals surface area contributed by atoms with Crippen LogP contribution in [0.2, 0.25) is 0 Å². The van der Waals surface area contributed by atoms with E-state index in [-0.39, 0.29) is 5.97 Å². The van der Waals surface area contributed by atoms with Crippen LogP contribution in [-0.4, -0.2) is 48.6 Å². The van der Waals surface area contributed by atoms with Crippen molar-refractivity contribution in [3.63, 3.8) is 0 Å². The van der Waals surface area contributed by atoms with Crippen LogP contribution in [0.15, 0.2) is 18.3 Å². The standard InChI is InChI=1S/C14H21N3O2/c1-3-6-17(13-8-15-9-13)10-12-5-4-11(7-16-12)14(18)19-2/h4-5,7,13,15H,3,6,8-10H2,1-2H3. The third kappa shape index (κ3) is 3.52. The second-order valence-electron chi connectivity index (χ2n) is 4.81. The number of aromatic nitrogens is 1. The summed E-state index contributed by atoms with van der Waals surface area (Å²) in [4.78, 5) is 18.1. The predicted molar refractivity (Wildman–Crippen MR) is 72.9 cm³/mol. The molecule has 0 bridgehead atoms. The van der Waals surface area contributed by atoms with Gasteiger partial charge in [0.25, 0.3) is 0 Å². The number of pyridine rings is 1. The van der Waals surface area contributed by atoms with Crippen LogP contribution in [0.5, 0.6) is 0 Å². The summed E-state index contributed by atoms with van der Waals surface area (Å²) in [5.74, 6) is -0.340. The largest absolute Gasteiger partial charge is 0.465 e. The zero-order chi connectivity index (χ0) is 13.7. The highest BCUT2D eigenvalue weighted by Gasteiger charge is 2.24. The molecule has 0 aliphatic carbocycles. The van der Waals surface area contributed by atoms with Crippen LogP contribution >= 0.6 is 0 Å². The van der Waals surface area contributed by atoms with Gasteiger partial charge in [0.05, 0.1) is 18.4 Å². The Hall–Kier alpha value is -1.46. The second-order valence-corrected chi connectivity index (χ2v) is 4.81. The lowest BCUT2D eigenvalue weighted by Gasteiger charge is -2.38. The Morgan fingerprint density at radius 1 is 1.53 bits per heavy atom. The highest BCUT2D eigenvalue weighted by molar-refractivity contribution is 5.88. The normalized spacial score (nSPS) is 15.3. The van der Waals surface area contributed by atoms with Crippen molar-refractivity contribution >= 4 is 5.97 Å². The van der Waals surface area contributed by atoms with Crippen molar-refractivity contribution < 1.29 is 9.53 Å². The highest BCUT2D eigenvalue weighted by atomic mass is 16.5. The van der Waals surface area contributed by atoms with Crippen LogP contribution < -0.4 is 5.32 Å². The maximum Gasteiger partial charge on any atom is 0.339 e. The van der Waals surface area contributed by atoms with Crippen molar-refractivity contribution in [2.45, 2.75) is 25.9 Å². The smallest absolute Gasteiger partial charge is 0.339 e. The molecule has 0 amide bonds. The Labute approximate surface area is 114 Å². The molecule has 0 aromatic carbocycles. The number of hydrogen-bond acceptors (Lipinski definition) is 5. The van der Waals surface area contributed by atoms with Crippen LogP contribution in [0.25, 0.3) is 0 Å². The summed E-state index contributed by atoms with van der Waals surface area (Å²) in [5.41, 5.74) is 1.49. The molecule has 0 spiro atoms. The lowest BCUT2D eigenvalue weighted by molar-refractivity contribution is 0.0600. The van der Waals surface area contributed by atoms with E-state index in [0.29, 0.717) is 11.6 Å². The zero-order valence-electron chi connectivity index (χ0n) is 11.6. The van der Waals surface area contributed by atoms with Gasteiger partial charge < -0.3 is 10.1 Å². The summed E-state index contributed by atoms with van der Waals surface area (Å²) in [7, 11) is 1.38. The van der Waals surface area contributed by atoms with E-state index in [1.165, 1.54) is 7.11 Å². The SMILES string of the molecule is CCCN(Cc1ccc(C(=O)OC)cn1)C1CNC1. The van der Waals surface area contributed by atoms with Gasteiger partial charge in [0.2, 0.25) is 0 Å². The Balaban J connectivity index is 1.98. The second kappa shape index (κ2) is 6.63. The number of methoxy groups -OCH3 is 1. The van der Waals surface area contributed by atoms with E-state index in [0.717, 1.165) is 38.3 Å². The summed E-state index contributed by atoms with van der Waals surface area (Å²) in [5, 5.41) is 3.29. The monoisotopic (exact) mass is 263 g/mol.